The van der Waals surface area contributed by atoms with Gasteiger partial charge in [-0.1, -0.05) is 205 Å². The summed E-state index contributed by atoms with van der Waals surface area (Å²) in [6.45, 7) is 3.89. The minimum absolute atomic E-state index is 0.222. The Balaban J connectivity index is 3.92. The summed E-state index contributed by atoms with van der Waals surface area (Å²) >= 11 is 0. The van der Waals surface area contributed by atoms with Crippen LogP contribution in [0.1, 0.15) is 239 Å². The van der Waals surface area contributed by atoms with E-state index in [2.05, 4.69) is 42.7 Å². The highest BCUT2D eigenvalue weighted by atomic mass is 31.2. The highest BCUT2D eigenvalue weighted by Gasteiger charge is 2.24. The number of phosphoric ester groups is 1. The molecular weight excluding hydrogens is 723 g/mol. The topological polar surface area (TPSA) is 108 Å². The van der Waals surface area contributed by atoms with Gasteiger partial charge in [0.2, 0.25) is 0 Å². The normalized spacial score (nSPS) is 13.4. The maximum Gasteiger partial charge on any atom is 0.472 e. The summed E-state index contributed by atoms with van der Waals surface area (Å²) in [6.07, 6.45) is 49.4. The molecule has 0 aromatic rings. The molecule has 0 saturated carbocycles. The summed E-state index contributed by atoms with van der Waals surface area (Å²) in [5.74, 6) is -0.796. The molecule has 1 N–H and O–H groups in total. The van der Waals surface area contributed by atoms with Gasteiger partial charge in [0.1, 0.15) is 6.61 Å². The molecule has 0 amide bonds. The Morgan fingerprint density at radius 2 is 0.857 bits per heavy atom. The van der Waals surface area contributed by atoms with Crippen LogP contribution in [0, 0.1) is 0 Å². The van der Waals surface area contributed by atoms with Gasteiger partial charge >= 0.3 is 19.8 Å². The van der Waals surface area contributed by atoms with E-state index in [0.717, 1.165) is 52.1 Å². The molecule has 8 nitrogen and oxygen atoms in total. The summed E-state index contributed by atoms with van der Waals surface area (Å²) in [5, 5.41) is 0. The molecule has 0 aromatic carbocycles. The predicted molar refractivity (Wildman–Crippen MR) is 235 cm³/mol. The molecule has 56 heavy (non-hydrogen) atoms. The Labute approximate surface area is 345 Å². The van der Waals surface area contributed by atoms with E-state index in [4.69, 9.17) is 14.0 Å². The van der Waals surface area contributed by atoms with Gasteiger partial charge in [-0.15, -0.1) is 0 Å². The molecule has 0 aliphatic heterocycles. The van der Waals surface area contributed by atoms with Gasteiger partial charge in [-0.05, 0) is 44.9 Å². The molecule has 0 saturated heterocycles. The molecule has 9 heteroatoms. The summed E-state index contributed by atoms with van der Waals surface area (Å²) in [6, 6.07) is 0. The lowest BCUT2D eigenvalue weighted by molar-refractivity contribution is -0.161. The first-order valence-corrected chi connectivity index (χ1v) is 25.0. The number of rotatable bonds is 44. The molecule has 2 atom stereocenters. The third-order valence-electron chi connectivity index (χ3n) is 10.4. The standard InChI is InChI=1S/C47H89O8P/c1-4-6-8-10-12-14-16-18-20-22-24-26-28-30-32-34-36-38-40-42-47(49)55-45(44-54-56(50,51)52-3)43-53-46(48)41-39-37-35-33-31-29-27-25-23-21-19-17-15-13-11-9-7-5-2/h12,14,18,20,45H,4-11,13,15-17,19,21-44H2,1-3H3,(H,50,51)/b14-12-,20-18-. The van der Waals surface area contributed by atoms with E-state index in [1.54, 1.807) is 0 Å². The molecule has 0 fully saturated rings. The average molecular weight is 813 g/mol. The second-order valence-corrected chi connectivity index (χ2v) is 17.5. The van der Waals surface area contributed by atoms with Gasteiger partial charge in [0.15, 0.2) is 6.10 Å². The largest absolute Gasteiger partial charge is 0.472 e. The van der Waals surface area contributed by atoms with Crippen LogP contribution in [0.3, 0.4) is 0 Å². The van der Waals surface area contributed by atoms with Crippen LogP contribution in [0.5, 0.6) is 0 Å². The molecule has 2 unspecified atom stereocenters. The van der Waals surface area contributed by atoms with E-state index in [9.17, 15) is 19.0 Å². The zero-order chi connectivity index (χ0) is 41.1. The molecule has 330 valence electrons. The zero-order valence-electron chi connectivity index (χ0n) is 36.8. The van der Waals surface area contributed by atoms with Crippen molar-refractivity contribution in [1.82, 2.24) is 0 Å². The van der Waals surface area contributed by atoms with Gasteiger partial charge in [0.05, 0.1) is 6.61 Å². The zero-order valence-corrected chi connectivity index (χ0v) is 37.7. The van der Waals surface area contributed by atoms with Crippen molar-refractivity contribution in [2.75, 3.05) is 20.3 Å². The lowest BCUT2D eigenvalue weighted by atomic mass is 10.0. The van der Waals surface area contributed by atoms with Crippen molar-refractivity contribution in [2.45, 2.75) is 245 Å². The molecule has 0 heterocycles. The quantitative estimate of drug-likeness (QED) is 0.0280. The maximum atomic E-state index is 12.5. The first kappa shape index (κ1) is 54.5. The van der Waals surface area contributed by atoms with E-state index in [-0.39, 0.29) is 19.0 Å². The molecule has 0 spiro atoms. The minimum atomic E-state index is -4.26. The number of hydrogen-bond acceptors (Lipinski definition) is 7. The van der Waals surface area contributed by atoms with Crippen LogP contribution in [0.2, 0.25) is 0 Å². The van der Waals surface area contributed by atoms with Crippen LogP contribution in [0.25, 0.3) is 0 Å². The van der Waals surface area contributed by atoms with Crippen LogP contribution in [-0.4, -0.2) is 43.3 Å². The molecule has 0 aromatic heterocycles. The Morgan fingerprint density at radius 1 is 0.500 bits per heavy atom. The van der Waals surface area contributed by atoms with Crippen LogP contribution in [0.4, 0.5) is 0 Å². The van der Waals surface area contributed by atoms with Gasteiger partial charge in [-0.25, -0.2) is 4.57 Å². The molecule has 0 aliphatic carbocycles. The van der Waals surface area contributed by atoms with Crippen molar-refractivity contribution in [2.24, 2.45) is 0 Å². The number of carbonyl (C=O) groups excluding carboxylic acids is 2. The van der Waals surface area contributed by atoms with Gasteiger partial charge in [0.25, 0.3) is 0 Å². The summed E-state index contributed by atoms with van der Waals surface area (Å²) < 4.78 is 32.1. The fourth-order valence-electron chi connectivity index (χ4n) is 6.81. The number of esters is 2. The first-order valence-electron chi connectivity index (χ1n) is 23.5. The van der Waals surface area contributed by atoms with Crippen molar-refractivity contribution < 1.29 is 37.6 Å². The van der Waals surface area contributed by atoms with Crippen molar-refractivity contribution in [3.8, 4) is 0 Å². The lowest BCUT2D eigenvalue weighted by Gasteiger charge is -2.19. The maximum absolute atomic E-state index is 12.5. The monoisotopic (exact) mass is 813 g/mol. The summed E-state index contributed by atoms with van der Waals surface area (Å²) in [7, 11) is -3.20. The highest BCUT2D eigenvalue weighted by Crippen LogP contribution is 2.42. The van der Waals surface area contributed by atoms with E-state index in [0.29, 0.717) is 12.8 Å². The second kappa shape index (κ2) is 43.1. The van der Waals surface area contributed by atoms with Crippen molar-refractivity contribution in [3.63, 3.8) is 0 Å². The van der Waals surface area contributed by atoms with E-state index in [1.165, 1.54) is 161 Å². The molecule has 0 bridgehead atoms. The predicted octanol–water partition coefficient (Wildman–Crippen LogP) is 15.0. The van der Waals surface area contributed by atoms with Crippen LogP contribution in [-0.2, 0) is 32.7 Å². The number of phosphoric acid groups is 1. The first-order chi connectivity index (χ1) is 27.3. The Morgan fingerprint density at radius 3 is 1.29 bits per heavy atom. The van der Waals surface area contributed by atoms with Crippen molar-refractivity contribution in [3.05, 3.63) is 24.3 Å². The van der Waals surface area contributed by atoms with Gasteiger partial charge in [0, 0.05) is 20.0 Å². The Hall–Kier alpha value is -1.47. The molecule has 0 aliphatic rings. The van der Waals surface area contributed by atoms with E-state index in [1.807, 2.05) is 0 Å². The van der Waals surface area contributed by atoms with Gasteiger partial charge in [-0.3, -0.25) is 18.6 Å². The van der Waals surface area contributed by atoms with Gasteiger partial charge in [-0.2, -0.15) is 0 Å². The van der Waals surface area contributed by atoms with Gasteiger partial charge < -0.3 is 14.4 Å². The lowest BCUT2D eigenvalue weighted by Crippen LogP contribution is -2.29. The average Bonchev–Trinajstić information content (AvgIpc) is 3.19. The van der Waals surface area contributed by atoms with Crippen molar-refractivity contribution >= 4 is 19.8 Å². The number of hydrogen-bond donors (Lipinski definition) is 1. The SMILES string of the molecule is CCCCC/C=C\C/C=C\CCCCCCCCCCCC(=O)OC(COC(=O)CCCCCCCCCCCCCCCCCCCC)COP(=O)(O)OC. The fraction of sp³-hybridized carbons (Fsp3) is 0.872. The third kappa shape index (κ3) is 42.1. The smallest absolute Gasteiger partial charge is 0.462 e. The third-order valence-corrected chi connectivity index (χ3v) is 11.4. The Kier molecular flexibility index (Phi) is 42.0. The fourth-order valence-corrected chi connectivity index (χ4v) is 7.27. The number of ether oxygens (including phenoxy) is 2. The van der Waals surface area contributed by atoms with Crippen molar-refractivity contribution in [1.29, 1.82) is 0 Å². The summed E-state index contributed by atoms with van der Waals surface area (Å²) in [5.41, 5.74) is 0. The molecular formula is C47H89O8P. The minimum Gasteiger partial charge on any atom is -0.462 e. The van der Waals surface area contributed by atoms with Crippen LogP contribution >= 0.6 is 7.82 Å². The molecule has 0 radical (unpaired) electrons. The number of carbonyl (C=O) groups is 2. The molecule has 0 rings (SSSR count). The van der Waals surface area contributed by atoms with Crippen LogP contribution in [0.15, 0.2) is 24.3 Å². The van der Waals surface area contributed by atoms with Crippen LogP contribution < -0.4 is 0 Å². The number of allylic oxidation sites excluding steroid dienone is 4. The van der Waals surface area contributed by atoms with E-state index >= 15 is 0 Å². The number of unbranched alkanes of at least 4 members (excludes halogenated alkanes) is 29. The van der Waals surface area contributed by atoms with E-state index < -0.39 is 26.5 Å². The highest BCUT2D eigenvalue weighted by molar-refractivity contribution is 7.47. The second-order valence-electron chi connectivity index (χ2n) is 15.9. The summed E-state index contributed by atoms with van der Waals surface area (Å²) in [4.78, 5) is 34.6. The Bertz CT molecular complexity index is 968.